The van der Waals surface area contributed by atoms with Crippen LogP contribution in [0.3, 0.4) is 0 Å². The van der Waals surface area contributed by atoms with Gasteiger partial charge in [0.05, 0.1) is 4.47 Å². The van der Waals surface area contributed by atoms with E-state index in [1.165, 1.54) is 12.1 Å². The first-order valence-electron chi connectivity index (χ1n) is 3.52. The summed E-state index contributed by atoms with van der Waals surface area (Å²) in [6.45, 7) is 0. The van der Waals surface area contributed by atoms with Gasteiger partial charge in [-0.2, -0.15) is 8.78 Å². The maximum absolute atomic E-state index is 13.2. The molecule has 0 aromatic heterocycles. The highest BCUT2D eigenvalue weighted by Crippen LogP contribution is 2.37. The molecule has 0 aliphatic rings. The lowest BCUT2D eigenvalue weighted by atomic mass is 10.1. The van der Waals surface area contributed by atoms with Crippen LogP contribution in [0.1, 0.15) is 11.7 Å². The van der Waals surface area contributed by atoms with Crippen molar-refractivity contribution in [2.75, 3.05) is 0 Å². The largest absolute Gasteiger partial charge is 0.381 e. The lowest BCUT2D eigenvalue weighted by molar-refractivity contribution is -0.0441. The molecule has 1 nitrogen and oxygen atoms in total. The van der Waals surface area contributed by atoms with Gasteiger partial charge < -0.3 is 5.11 Å². The van der Waals surface area contributed by atoms with Crippen molar-refractivity contribution in [2.24, 2.45) is 0 Å². The monoisotopic (exact) mass is 288 g/mol. The predicted octanol–water partition coefficient (Wildman–Crippen LogP) is 3.45. The fourth-order valence-electron chi connectivity index (χ4n) is 0.908. The highest BCUT2D eigenvalue weighted by atomic mass is 79.9. The van der Waals surface area contributed by atoms with Gasteiger partial charge in [0.25, 0.3) is 0 Å². The molecule has 0 fully saturated rings. The molecule has 1 aromatic carbocycles. The minimum atomic E-state index is -3.89. The quantitative estimate of drug-likeness (QED) is 0.827. The average molecular weight is 289 g/mol. The Morgan fingerprint density at radius 2 is 2.00 bits per heavy atom. The van der Waals surface area contributed by atoms with Crippen LogP contribution >= 0.6 is 27.5 Å². The van der Waals surface area contributed by atoms with E-state index in [1.807, 2.05) is 0 Å². The van der Waals surface area contributed by atoms with Crippen LogP contribution in [0.15, 0.2) is 22.7 Å². The first-order valence-corrected chi connectivity index (χ1v) is 4.70. The smallest absolute Gasteiger partial charge is 0.351 e. The van der Waals surface area contributed by atoms with E-state index in [-0.39, 0.29) is 4.47 Å². The van der Waals surface area contributed by atoms with Crippen LogP contribution in [0.5, 0.6) is 0 Å². The summed E-state index contributed by atoms with van der Waals surface area (Å²) in [5.41, 5.74) is -0.542. The van der Waals surface area contributed by atoms with Crippen molar-refractivity contribution < 1.29 is 18.3 Å². The lowest BCUT2D eigenvalue weighted by Gasteiger charge is -2.17. The average Bonchev–Trinajstić information content (AvgIpc) is 2.07. The van der Waals surface area contributed by atoms with Crippen molar-refractivity contribution in [1.82, 2.24) is 0 Å². The topological polar surface area (TPSA) is 20.2 Å². The van der Waals surface area contributed by atoms with Crippen LogP contribution in [-0.2, 0) is 0 Å². The molecule has 1 aromatic rings. The zero-order valence-electron chi connectivity index (χ0n) is 6.65. The van der Waals surface area contributed by atoms with Gasteiger partial charge in [0.1, 0.15) is 5.82 Å². The molecular weight excluding hydrogens is 284 g/mol. The fourth-order valence-corrected chi connectivity index (χ4v) is 1.41. The number of benzene rings is 1. The normalized spacial score (nSPS) is 14.1. The zero-order chi connectivity index (χ0) is 10.9. The van der Waals surface area contributed by atoms with E-state index in [2.05, 4.69) is 27.5 Å². The third-order valence-electron chi connectivity index (χ3n) is 1.59. The molecule has 14 heavy (non-hydrogen) atoms. The molecule has 0 aliphatic heterocycles. The Hall–Kier alpha value is -0.260. The molecule has 1 unspecified atom stereocenters. The van der Waals surface area contributed by atoms with Crippen LogP contribution in [-0.4, -0.2) is 10.5 Å². The second kappa shape index (κ2) is 4.08. The SMILES string of the molecule is OC(c1cccc(Br)c1F)C(F)(F)Cl. The van der Waals surface area contributed by atoms with Crippen LogP contribution in [0, 0.1) is 5.82 Å². The molecule has 0 amide bonds. The van der Waals surface area contributed by atoms with Crippen LogP contribution < -0.4 is 0 Å². The Kier molecular flexibility index (Phi) is 3.44. The summed E-state index contributed by atoms with van der Waals surface area (Å²) >= 11 is 7.38. The first kappa shape index (κ1) is 11.8. The molecule has 0 saturated heterocycles. The summed E-state index contributed by atoms with van der Waals surface area (Å²) in [5.74, 6) is -0.944. The minimum Gasteiger partial charge on any atom is -0.381 e. The van der Waals surface area contributed by atoms with Crippen LogP contribution in [0.4, 0.5) is 13.2 Å². The van der Waals surface area contributed by atoms with Gasteiger partial charge in [0.2, 0.25) is 0 Å². The highest BCUT2D eigenvalue weighted by Gasteiger charge is 2.38. The maximum atomic E-state index is 13.2. The number of alkyl halides is 3. The molecule has 0 aliphatic carbocycles. The van der Waals surface area contributed by atoms with Crippen molar-refractivity contribution in [3.63, 3.8) is 0 Å². The van der Waals surface area contributed by atoms with Crippen molar-refractivity contribution in [1.29, 1.82) is 0 Å². The van der Waals surface area contributed by atoms with Crippen molar-refractivity contribution in [3.8, 4) is 0 Å². The molecule has 0 saturated carbocycles. The third kappa shape index (κ3) is 2.40. The Morgan fingerprint density at radius 3 is 2.50 bits per heavy atom. The van der Waals surface area contributed by atoms with Crippen LogP contribution in [0.2, 0.25) is 0 Å². The Balaban J connectivity index is 3.14. The van der Waals surface area contributed by atoms with Crippen molar-refractivity contribution >= 4 is 27.5 Å². The summed E-state index contributed by atoms with van der Waals surface area (Å²) in [4.78, 5) is 0. The lowest BCUT2D eigenvalue weighted by Crippen LogP contribution is -2.20. The molecule has 6 heteroatoms. The molecule has 0 radical (unpaired) electrons. The maximum Gasteiger partial charge on any atom is 0.351 e. The number of halogens is 5. The van der Waals surface area contributed by atoms with E-state index < -0.39 is 22.9 Å². The van der Waals surface area contributed by atoms with Gasteiger partial charge in [-0.1, -0.05) is 12.1 Å². The molecule has 78 valence electrons. The Morgan fingerprint density at radius 1 is 1.43 bits per heavy atom. The Bertz CT molecular complexity index is 340. The highest BCUT2D eigenvalue weighted by molar-refractivity contribution is 9.10. The van der Waals surface area contributed by atoms with E-state index >= 15 is 0 Å². The first-order chi connectivity index (χ1) is 6.34. The number of aliphatic hydroxyl groups excluding tert-OH is 1. The summed E-state index contributed by atoms with van der Waals surface area (Å²) < 4.78 is 38.1. The molecule has 0 bridgehead atoms. The summed E-state index contributed by atoms with van der Waals surface area (Å²) in [6, 6.07) is 3.70. The number of hydrogen-bond donors (Lipinski definition) is 1. The van der Waals surface area contributed by atoms with E-state index in [0.717, 1.165) is 6.07 Å². The minimum absolute atomic E-state index is 0.00466. The fraction of sp³-hybridized carbons (Fsp3) is 0.250. The second-order valence-corrected chi connectivity index (χ2v) is 3.95. The predicted molar refractivity (Wildman–Crippen MR) is 49.9 cm³/mol. The Labute approximate surface area is 91.6 Å². The van der Waals surface area contributed by atoms with E-state index in [4.69, 9.17) is 5.11 Å². The van der Waals surface area contributed by atoms with E-state index in [9.17, 15) is 13.2 Å². The van der Waals surface area contributed by atoms with Gasteiger partial charge in [-0.25, -0.2) is 4.39 Å². The van der Waals surface area contributed by atoms with Gasteiger partial charge in [0, 0.05) is 5.56 Å². The zero-order valence-corrected chi connectivity index (χ0v) is 8.99. The molecular formula is C8H5BrClF3O. The number of aliphatic hydroxyl groups is 1. The van der Waals surface area contributed by atoms with Gasteiger partial charge in [-0.15, -0.1) is 0 Å². The van der Waals surface area contributed by atoms with Gasteiger partial charge in [-0.05, 0) is 33.6 Å². The molecule has 1 atom stereocenters. The molecule has 1 N–H and O–H groups in total. The van der Waals surface area contributed by atoms with E-state index in [1.54, 1.807) is 0 Å². The number of rotatable bonds is 2. The van der Waals surface area contributed by atoms with Gasteiger partial charge >= 0.3 is 5.38 Å². The van der Waals surface area contributed by atoms with E-state index in [0.29, 0.717) is 0 Å². The van der Waals surface area contributed by atoms with Gasteiger partial charge in [-0.3, -0.25) is 0 Å². The van der Waals surface area contributed by atoms with Crippen molar-refractivity contribution in [3.05, 3.63) is 34.1 Å². The number of hydrogen-bond acceptors (Lipinski definition) is 1. The van der Waals surface area contributed by atoms with Crippen LogP contribution in [0.25, 0.3) is 0 Å². The van der Waals surface area contributed by atoms with Crippen molar-refractivity contribution in [2.45, 2.75) is 11.5 Å². The molecule has 0 heterocycles. The molecule has 0 spiro atoms. The standard InChI is InChI=1S/C8H5BrClF3O/c9-5-3-1-2-4(6(5)11)7(14)8(10,12)13/h1-3,7,14H. The summed E-state index contributed by atoms with van der Waals surface area (Å²) in [7, 11) is 0. The molecule has 1 rings (SSSR count). The third-order valence-corrected chi connectivity index (χ3v) is 2.41. The second-order valence-electron chi connectivity index (χ2n) is 2.59. The summed E-state index contributed by atoms with van der Waals surface area (Å²) in [6.07, 6.45) is -2.36. The van der Waals surface area contributed by atoms with Gasteiger partial charge in [0.15, 0.2) is 6.10 Å². The summed E-state index contributed by atoms with van der Waals surface area (Å²) in [5, 5.41) is 5.13.